The Morgan fingerprint density at radius 1 is 1.48 bits per heavy atom. The van der Waals surface area contributed by atoms with Crippen molar-refractivity contribution < 1.29 is 9.90 Å². The maximum absolute atomic E-state index is 11.2. The number of carboxylic acid groups (broad SMARTS) is 1. The van der Waals surface area contributed by atoms with Crippen molar-refractivity contribution in [2.45, 2.75) is 45.6 Å². The molecule has 2 atom stereocenters. The molecule has 0 bridgehead atoms. The molecule has 0 fully saturated rings. The molecule has 0 spiro atoms. The standard InChI is InChI=1S/C15H18N2O2S2/c1-7-6-11(9(3)20-7)8(2)16-15-17-13-10(14(18)19)4-5-12(13)21-15/h6,8,10H,4-5H2,1-3H3,(H,16,17)(H,18,19). The number of aryl methyl sites for hydroxylation is 3. The second-order valence-corrected chi connectivity index (χ2v) is 8.04. The molecule has 4 nitrogen and oxygen atoms in total. The fourth-order valence-corrected chi connectivity index (χ4v) is 5.02. The Labute approximate surface area is 131 Å². The number of nitrogens with one attached hydrogen (secondary N) is 1. The third kappa shape index (κ3) is 2.70. The lowest BCUT2D eigenvalue weighted by Gasteiger charge is -2.13. The molecule has 2 heterocycles. The molecule has 2 N–H and O–H groups in total. The van der Waals surface area contributed by atoms with E-state index in [9.17, 15) is 9.90 Å². The van der Waals surface area contributed by atoms with Crippen LogP contribution in [0.5, 0.6) is 0 Å². The lowest BCUT2D eigenvalue weighted by atomic mass is 10.1. The molecule has 0 amide bonds. The van der Waals surface area contributed by atoms with Crippen LogP contribution in [-0.2, 0) is 11.2 Å². The van der Waals surface area contributed by atoms with Crippen LogP contribution in [-0.4, -0.2) is 16.1 Å². The third-order valence-electron chi connectivity index (χ3n) is 3.90. The molecule has 112 valence electrons. The quantitative estimate of drug-likeness (QED) is 0.889. The van der Waals surface area contributed by atoms with Gasteiger partial charge in [-0.15, -0.1) is 22.7 Å². The van der Waals surface area contributed by atoms with Gasteiger partial charge in [0, 0.05) is 14.6 Å². The average Bonchev–Trinajstić information content (AvgIpc) is 3.02. The number of anilines is 1. The second kappa shape index (κ2) is 5.42. The Bertz CT molecular complexity index is 690. The summed E-state index contributed by atoms with van der Waals surface area (Å²) in [5, 5.41) is 13.5. The van der Waals surface area contributed by atoms with Crippen LogP contribution in [0.1, 0.15) is 51.2 Å². The topological polar surface area (TPSA) is 62.2 Å². The lowest BCUT2D eigenvalue weighted by molar-refractivity contribution is -0.138. The molecule has 6 heteroatoms. The zero-order valence-corrected chi connectivity index (χ0v) is 13.9. The molecule has 1 aliphatic carbocycles. The van der Waals surface area contributed by atoms with Gasteiger partial charge in [0.05, 0.1) is 11.7 Å². The molecule has 2 aromatic heterocycles. The first-order valence-corrected chi connectivity index (χ1v) is 8.65. The number of carbonyl (C=O) groups is 1. The molecule has 0 saturated heterocycles. The van der Waals surface area contributed by atoms with Gasteiger partial charge in [0.1, 0.15) is 5.92 Å². The van der Waals surface area contributed by atoms with Crippen LogP contribution in [0, 0.1) is 13.8 Å². The normalized spacial score (nSPS) is 18.5. The monoisotopic (exact) mass is 322 g/mol. The Morgan fingerprint density at radius 2 is 2.24 bits per heavy atom. The molecule has 0 saturated carbocycles. The van der Waals surface area contributed by atoms with Gasteiger partial charge in [-0.2, -0.15) is 0 Å². The van der Waals surface area contributed by atoms with Crippen LogP contribution in [0.15, 0.2) is 6.07 Å². The summed E-state index contributed by atoms with van der Waals surface area (Å²) in [6, 6.07) is 2.39. The van der Waals surface area contributed by atoms with Gasteiger partial charge in [-0.25, -0.2) is 4.98 Å². The molecule has 3 rings (SSSR count). The van der Waals surface area contributed by atoms with Crippen molar-refractivity contribution in [3.8, 4) is 0 Å². The summed E-state index contributed by atoms with van der Waals surface area (Å²) < 4.78 is 0. The maximum Gasteiger partial charge on any atom is 0.312 e. The number of thiophene rings is 1. The molecule has 0 radical (unpaired) electrons. The number of carboxylic acids is 1. The van der Waals surface area contributed by atoms with E-state index in [0.717, 1.165) is 22.1 Å². The van der Waals surface area contributed by atoms with Gasteiger partial charge in [0.25, 0.3) is 0 Å². The maximum atomic E-state index is 11.2. The molecule has 1 aliphatic rings. The van der Waals surface area contributed by atoms with Crippen LogP contribution in [0.25, 0.3) is 0 Å². The Morgan fingerprint density at radius 3 is 2.86 bits per heavy atom. The molecule has 2 aromatic rings. The van der Waals surface area contributed by atoms with Gasteiger partial charge in [-0.3, -0.25) is 4.79 Å². The summed E-state index contributed by atoms with van der Waals surface area (Å²) in [6.45, 7) is 6.37. The van der Waals surface area contributed by atoms with Crippen molar-refractivity contribution in [2.75, 3.05) is 5.32 Å². The molecular formula is C15H18N2O2S2. The van der Waals surface area contributed by atoms with E-state index < -0.39 is 11.9 Å². The first kappa shape index (κ1) is 14.5. The number of fused-ring (bicyclic) bond motifs is 1. The summed E-state index contributed by atoms with van der Waals surface area (Å²) in [6.07, 6.45) is 1.51. The number of aromatic nitrogens is 1. The van der Waals surface area contributed by atoms with Crippen molar-refractivity contribution in [3.63, 3.8) is 0 Å². The first-order valence-electron chi connectivity index (χ1n) is 7.01. The largest absolute Gasteiger partial charge is 0.481 e. The third-order valence-corrected chi connectivity index (χ3v) is 5.95. The minimum absolute atomic E-state index is 0.185. The minimum Gasteiger partial charge on any atom is -0.481 e. The minimum atomic E-state index is -0.761. The second-order valence-electron chi connectivity index (χ2n) is 5.49. The van der Waals surface area contributed by atoms with Crippen molar-refractivity contribution in [3.05, 3.63) is 32.0 Å². The van der Waals surface area contributed by atoms with Crippen LogP contribution in [0.3, 0.4) is 0 Å². The van der Waals surface area contributed by atoms with E-state index >= 15 is 0 Å². The zero-order valence-electron chi connectivity index (χ0n) is 12.3. The Hall–Kier alpha value is -1.40. The van der Waals surface area contributed by atoms with Crippen molar-refractivity contribution in [1.82, 2.24) is 4.98 Å². The summed E-state index contributed by atoms with van der Waals surface area (Å²) >= 11 is 3.40. The van der Waals surface area contributed by atoms with E-state index in [1.807, 2.05) is 0 Å². The summed E-state index contributed by atoms with van der Waals surface area (Å²) in [5.41, 5.74) is 2.06. The number of thiazole rings is 1. The fraction of sp³-hybridized carbons (Fsp3) is 0.467. The smallest absolute Gasteiger partial charge is 0.312 e. The number of nitrogens with zero attached hydrogens (tertiary/aromatic N) is 1. The van der Waals surface area contributed by atoms with Gasteiger partial charge in [0.15, 0.2) is 5.13 Å². The number of aliphatic carboxylic acids is 1. The predicted octanol–water partition coefficient (Wildman–Crippen LogP) is 4.11. The SMILES string of the molecule is Cc1cc(C(C)Nc2nc3c(s2)CCC3C(=O)O)c(C)s1. The van der Waals surface area contributed by atoms with Gasteiger partial charge < -0.3 is 10.4 Å². The van der Waals surface area contributed by atoms with Crippen molar-refractivity contribution in [2.24, 2.45) is 0 Å². The molecule has 21 heavy (non-hydrogen) atoms. The highest BCUT2D eigenvalue weighted by Crippen LogP contribution is 2.39. The summed E-state index contributed by atoms with van der Waals surface area (Å²) in [5.74, 6) is -1.19. The highest BCUT2D eigenvalue weighted by molar-refractivity contribution is 7.15. The van der Waals surface area contributed by atoms with Crippen LogP contribution in [0.4, 0.5) is 5.13 Å². The van der Waals surface area contributed by atoms with Crippen LogP contribution >= 0.6 is 22.7 Å². The molecular weight excluding hydrogens is 304 g/mol. The number of hydrogen-bond donors (Lipinski definition) is 2. The molecule has 2 unspecified atom stereocenters. The Balaban J connectivity index is 1.79. The molecule has 0 aromatic carbocycles. The number of rotatable bonds is 4. The van der Waals surface area contributed by atoms with Gasteiger partial charge in [-0.1, -0.05) is 0 Å². The molecule has 0 aliphatic heterocycles. The zero-order chi connectivity index (χ0) is 15.1. The highest BCUT2D eigenvalue weighted by atomic mass is 32.1. The van der Waals surface area contributed by atoms with E-state index in [-0.39, 0.29) is 6.04 Å². The van der Waals surface area contributed by atoms with Crippen molar-refractivity contribution in [1.29, 1.82) is 0 Å². The average molecular weight is 322 g/mol. The van der Waals surface area contributed by atoms with Crippen LogP contribution < -0.4 is 5.32 Å². The van der Waals surface area contributed by atoms with Gasteiger partial charge in [-0.05, 0) is 45.2 Å². The van der Waals surface area contributed by atoms with E-state index in [1.165, 1.54) is 15.3 Å². The van der Waals surface area contributed by atoms with Crippen LogP contribution in [0.2, 0.25) is 0 Å². The predicted molar refractivity (Wildman–Crippen MR) is 86.6 cm³/mol. The Kier molecular flexibility index (Phi) is 3.75. The first-order chi connectivity index (χ1) is 9.95. The van der Waals surface area contributed by atoms with Crippen molar-refractivity contribution >= 4 is 33.8 Å². The van der Waals surface area contributed by atoms with E-state index in [4.69, 9.17) is 0 Å². The van der Waals surface area contributed by atoms with E-state index in [2.05, 4.69) is 37.1 Å². The summed E-state index contributed by atoms with van der Waals surface area (Å²) in [4.78, 5) is 19.5. The van der Waals surface area contributed by atoms with E-state index in [1.54, 1.807) is 22.7 Å². The highest BCUT2D eigenvalue weighted by Gasteiger charge is 2.32. The fourth-order valence-electron chi connectivity index (χ4n) is 2.87. The number of hydrogen-bond acceptors (Lipinski definition) is 5. The van der Waals surface area contributed by atoms with Gasteiger partial charge in [0.2, 0.25) is 0 Å². The van der Waals surface area contributed by atoms with Gasteiger partial charge >= 0.3 is 5.97 Å². The lowest BCUT2D eigenvalue weighted by Crippen LogP contribution is -2.10. The summed E-state index contributed by atoms with van der Waals surface area (Å²) in [7, 11) is 0. The van der Waals surface area contributed by atoms with E-state index in [0.29, 0.717) is 6.42 Å².